The summed E-state index contributed by atoms with van der Waals surface area (Å²) in [5.74, 6) is 2.01. The molecule has 7 heteroatoms. The fourth-order valence-electron chi connectivity index (χ4n) is 4.08. The number of nitrogens with one attached hydrogen (secondary N) is 2. The van der Waals surface area contributed by atoms with E-state index in [1.54, 1.807) is 11.3 Å². The molecule has 1 aromatic carbocycles. The highest BCUT2D eigenvalue weighted by molar-refractivity contribution is 14.0. The lowest BCUT2D eigenvalue weighted by Gasteiger charge is -2.33. The summed E-state index contributed by atoms with van der Waals surface area (Å²) in [5, 5.41) is 11.5. The molecule has 4 rings (SSSR count). The van der Waals surface area contributed by atoms with Crippen molar-refractivity contribution in [1.82, 2.24) is 15.5 Å². The molecule has 0 radical (unpaired) electrons. The normalized spacial score (nSPS) is 17.2. The summed E-state index contributed by atoms with van der Waals surface area (Å²) in [7, 11) is 0. The number of fused-ring (bicyclic) bond motifs is 1. The van der Waals surface area contributed by atoms with Crippen LogP contribution in [0.5, 0.6) is 5.75 Å². The molecule has 0 amide bonds. The molecule has 5 nitrogen and oxygen atoms in total. The standard InChI is InChI=1S/C23H32N4OS.HI/c1-2-24-23(25-10-5-18-3-4-22-20(15-18)8-13-28-22)26-21-6-11-27(12-7-21)16-19-9-14-29-17-19;/h3-4,9,14-15,17,21H,2,5-8,10-13,16H2,1H3,(H2,24,25,26);1H. The molecule has 0 unspecified atom stereocenters. The van der Waals surface area contributed by atoms with E-state index in [4.69, 9.17) is 9.73 Å². The van der Waals surface area contributed by atoms with E-state index in [-0.39, 0.29) is 24.0 Å². The lowest BCUT2D eigenvalue weighted by atomic mass is 10.0. The zero-order chi connectivity index (χ0) is 19.9. The zero-order valence-corrected chi connectivity index (χ0v) is 20.9. The number of hydrogen-bond acceptors (Lipinski definition) is 4. The van der Waals surface area contributed by atoms with Crippen LogP contribution >= 0.6 is 35.3 Å². The summed E-state index contributed by atoms with van der Waals surface area (Å²) in [6.45, 7) is 7.99. The van der Waals surface area contributed by atoms with Crippen LogP contribution in [-0.2, 0) is 19.4 Å². The van der Waals surface area contributed by atoms with Gasteiger partial charge in [-0.2, -0.15) is 11.3 Å². The Hall–Kier alpha value is -1.32. The molecule has 0 spiro atoms. The number of piperidine rings is 1. The van der Waals surface area contributed by atoms with Gasteiger partial charge in [0.05, 0.1) is 6.61 Å². The first-order valence-electron chi connectivity index (χ1n) is 10.8. The Morgan fingerprint density at radius 2 is 2.10 bits per heavy atom. The molecule has 0 atom stereocenters. The molecule has 164 valence electrons. The minimum absolute atomic E-state index is 0. The van der Waals surface area contributed by atoms with Gasteiger partial charge in [0, 0.05) is 45.2 Å². The minimum atomic E-state index is 0. The molecule has 0 aliphatic carbocycles. The minimum Gasteiger partial charge on any atom is -0.493 e. The smallest absolute Gasteiger partial charge is 0.191 e. The third-order valence-electron chi connectivity index (χ3n) is 5.68. The number of halogens is 1. The Morgan fingerprint density at radius 3 is 2.87 bits per heavy atom. The number of rotatable bonds is 7. The van der Waals surface area contributed by atoms with E-state index >= 15 is 0 Å². The van der Waals surface area contributed by atoms with Gasteiger partial charge in [0.25, 0.3) is 0 Å². The highest BCUT2D eigenvalue weighted by Crippen LogP contribution is 2.26. The van der Waals surface area contributed by atoms with Gasteiger partial charge < -0.3 is 15.4 Å². The van der Waals surface area contributed by atoms with Crippen molar-refractivity contribution in [2.45, 2.75) is 45.2 Å². The predicted octanol–water partition coefficient (Wildman–Crippen LogP) is 4.06. The number of benzene rings is 1. The van der Waals surface area contributed by atoms with Crippen LogP contribution in [0.15, 0.2) is 40.0 Å². The van der Waals surface area contributed by atoms with Gasteiger partial charge in [0.15, 0.2) is 5.96 Å². The van der Waals surface area contributed by atoms with Gasteiger partial charge in [-0.15, -0.1) is 24.0 Å². The Bertz CT molecular complexity index is 804. The SMILES string of the molecule is CCNC(=NCCc1ccc2c(c1)CCO2)NC1CCN(Cc2ccsc2)CC1.I. The summed E-state index contributed by atoms with van der Waals surface area (Å²) in [6.07, 6.45) is 4.32. The van der Waals surface area contributed by atoms with Gasteiger partial charge in [0.2, 0.25) is 0 Å². The molecular formula is C23H33IN4OS. The Labute approximate surface area is 201 Å². The van der Waals surface area contributed by atoms with Gasteiger partial charge in [0.1, 0.15) is 5.75 Å². The second-order valence-corrected chi connectivity index (χ2v) is 8.66. The maximum absolute atomic E-state index is 5.60. The Balaban J connectivity index is 0.00000256. The molecule has 2 aromatic rings. The summed E-state index contributed by atoms with van der Waals surface area (Å²) in [5.41, 5.74) is 4.12. The van der Waals surface area contributed by atoms with Crippen molar-refractivity contribution in [2.24, 2.45) is 4.99 Å². The third kappa shape index (κ3) is 6.59. The van der Waals surface area contributed by atoms with Crippen LogP contribution in [0, 0.1) is 0 Å². The van der Waals surface area contributed by atoms with Crippen LogP contribution < -0.4 is 15.4 Å². The monoisotopic (exact) mass is 540 g/mol. The molecule has 1 fully saturated rings. The lowest BCUT2D eigenvalue weighted by molar-refractivity contribution is 0.198. The lowest BCUT2D eigenvalue weighted by Crippen LogP contribution is -2.48. The van der Waals surface area contributed by atoms with E-state index in [0.717, 1.165) is 63.9 Å². The van der Waals surface area contributed by atoms with Crippen molar-refractivity contribution >= 4 is 41.3 Å². The van der Waals surface area contributed by atoms with Crippen molar-refractivity contribution in [3.05, 3.63) is 51.7 Å². The summed E-state index contributed by atoms with van der Waals surface area (Å²) in [4.78, 5) is 7.38. The van der Waals surface area contributed by atoms with Gasteiger partial charge in [-0.05, 0) is 65.8 Å². The molecule has 2 N–H and O–H groups in total. The van der Waals surface area contributed by atoms with Crippen LogP contribution in [0.25, 0.3) is 0 Å². The first kappa shape index (κ1) is 23.3. The predicted molar refractivity (Wildman–Crippen MR) is 136 cm³/mol. The van der Waals surface area contributed by atoms with Gasteiger partial charge >= 0.3 is 0 Å². The van der Waals surface area contributed by atoms with E-state index in [9.17, 15) is 0 Å². The van der Waals surface area contributed by atoms with E-state index in [1.165, 1.54) is 29.5 Å². The molecule has 0 saturated carbocycles. The quantitative estimate of drug-likeness (QED) is 0.316. The topological polar surface area (TPSA) is 48.9 Å². The number of likely N-dealkylation sites (tertiary alicyclic amines) is 1. The maximum atomic E-state index is 5.60. The van der Waals surface area contributed by atoms with E-state index in [0.29, 0.717) is 6.04 Å². The van der Waals surface area contributed by atoms with Crippen LogP contribution in [0.2, 0.25) is 0 Å². The van der Waals surface area contributed by atoms with Gasteiger partial charge in [-0.1, -0.05) is 12.1 Å². The fraction of sp³-hybridized carbons (Fsp3) is 0.522. The van der Waals surface area contributed by atoms with Gasteiger partial charge in [-0.25, -0.2) is 0 Å². The van der Waals surface area contributed by atoms with Crippen molar-refractivity contribution in [3.63, 3.8) is 0 Å². The van der Waals surface area contributed by atoms with Crippen LogP contribution in [0.1, 0.15) is 36.5 Å². The second-order valence-electron chi connectivity index (χ2n) is 7.88. The molecule has 2 aliphatic heterocycles. The average Bonchev–Trinajstić information content (AvgIpc) is 3.41. The first-order valence-corrected chi connectivity index (χ1v) is 11.8. The molecule has 1 aromatic heterocycles. The number of nitrogens with zero attached hydrogens (tertiary/aromatic N) is 2. The fourth-order valence-corrected chi connectivity index (χ4v) is 4.74. The molecular weight excluding hydrogens is 507 g/mol. The first-order chi connectivity index (χ1) is 14.3. The second kappa shape index (κ2) is 11.9. The highest BCUT2D eigenvalue weighted by Gasteiger charge is 2.20. The number of hydrogen-bond donors (Lipinski definition) is 2. The zero-order valence-electron chi connectivity index (χ0n) is 17.7. The molecule has 30 heavy (non-hydrogen) atoms. The third-order valence-corrected chi connectivity index (χ3v) is 6.42. The van der Waals surface area contributed by atoms with E-state index in [2.05, 4.69) is 57.5 Å². The van der Waals surface area contributed by atoms with E-state index in [1.807, 2.05) is 0 Å². The summed E-state index contributed by atoms with van der Waals surface area (Å²) < 4.78 is 5.60. The van der Waals surface area contributed by atoms with Crippen molar-refractivity contribution in [1.29, 1.82) is 0 Å². The van der Waals surface area contributed by atoms with Crippen LogP contribution in [-0.4, -0.2) is 49.7 Å². The van der Waals surface area contributed by atoms with Gasteiger partial charge in [-0.3, -0.25) is 9.89 Å². The molecule has 2 aliphatic rings. The highest BCUT2D eigenvalue weighted by atomic mass is 127. The Kier molecular flexibility index (Phi) is 9.27. The van der Waals surface area contributed by atoms with Crippen LogP contribution in [0.3, 0.4) is 0 Å². The maximum Gasteiger partial charge on any atom is 0.191 e. The Morgan fingerprint density at radius 1 is 1.23 bits per heavy atom. The number of aliphatic imine (C=N–C) groups is 1. The number of guanidine groups is 1. The molecule has 3 heterocycles. The molecule has 1 saturated heterocycles. The largest absolute Gasteiger partial charge is 0.493 e. The summed E-state index contributed by atoms with van der Waals surface area (Å²) >= 11 is 1.78. The van der Waals surface area contributed by atoms with Crippen molar-refractivity contribution < 1.29 is 4.74 Å². The number of ether oxygens (including phenoxy) is 1. The van der Waals surface area contributed by atoms with Crippen molar-refractivity contribution in [2.75, 3.05) is 32.8 Å². The summed E-state index contributed by atoms with van der Waals surface area (Å²) in [6, 6.07) is 9.29. The number of thiophene rings is 1. The molecule has 0 bridgehead atoms. The average molecular weight is 541 g/mol. The van der Waals surface area contributed by atoms with Crippen molar-refractivity contribution in [3.8, 4) is 5.75 Å². The van der Waals surface area contributed by atoms with E-state index < -0.39 is 0 Å². The van der Waals surface area contributed by atoms with Crippen LogP contribution in [0.4, 0.5) is 0 Å².